The van der Waals surface area contributed by atoms with Crippen LogP contribution in [0.25, 0.3) is 44.5 Å². The topological polar surface area (TPSA) is 329 Å². The maximum absolute atomic E-state index is 13.0. The van der Waals surface area contributed by atoms with Gasteiger partial charge in [-0.25, -0.2) is 30.2 Å². The first-order valence-electron chi connectivity index (χ1n) is 48.1. The van der Waals surface area contributed by atoms with Gasteiger partial charge in [-0.15, -0.1) is 0 Å². The predicted octanol–water partition coefficient (Wildman–Crippen LogP) is 17.9. The number of amides is 2. The second-order valence-electron chi connectivity index (χ2n) is 36.9. The number of sulfonamides is 2. The molecule has 8 aliphatic heterocycles. The number of anilines is 4. The lowest BCUT2D eigenvalue weighted by atomic mass is 9.91. The number of halogens is 4. The van der Waals surface area contributed by atoms with E-state index in [0.29, 0.717) is 125 Å². The van der Waals surface area contributed by atoms with E-state index in [-0.39, 0.29) is 103 Å². The normalized spacial score (nSPS) is 19.6. The average Bonchev–Trinajstić information content (AvgIpc) is 0.819. The fourth-order valence-corrected chi connectivity index (χ4v) is 21.7. The summed E-state index contributed by atoms with van der Waals surface area (Å²) in [6, 6.07) is 40.1. The first-order chi connectivity index (χ1) is 65.7. The summed E-state index contributed by atoms with van der Waals surface area (Å²) in [5, 5.41) is 16.3. The summed E-state index contributed by atoms with van der Waals surface area (Å²) in [6.07, 6.45) is 22.7. The van der Waals surface area contributed by atoms with Crippen molar-refractivity contribution in [2.24, 2.45) is 47.3 Å². The van der Waals surface area contributed by atoms with Crippen LogP contribution in [0.4, 0.5) is 27.5 Å². The van der Waals surface area contributed by atoms with Gasteiger partial charge in [-0.05, 0) is 228 Å². The van der Waals surface area contributed by atoms with E-state index in [4.69, 9.17) is 70.1 Å². The molecule has 8 aromatic rings. The highest BCUT2D eigenvalue weighted by atomic mass is 35.5. The molecule has 732 valence electrons. The largest absolute Gasteiger partial charge is 0.453 e. The lowest BCUT2D eigenvalue weighted by molar-refractivity contribution is -0.133. The van der Waals surface area contributed by atoms with Gasteiger partial charge < -0.3 is 54.8 Å². The van der Waals surface area contributed by atoms with E-state index >= 15 is 0 Å². The van der Waals surface area contributed by atoms with Crippen molar-refractivity contribution in [3.63, 3.8) is 0 Å². The number of Topliss-reactive ketones (excluding diaryl/α,β-unsaturated/α-hetero) is 4. The highest BCUT2D eigenvalue weighted by molar-refractivity contribution is 7.89. The number of benzene rings is 4. The summed E-state index contributed by atoms with van der Waals surface area (Å²) < 4.78 is 77.7. The van der Waals surface area contributed by atoms with Crippen molar-refractivity contribution in [2.45, 2.75) is 142 Å². The number of aromatic nitrogens is 4. The second-order valence-corrected chi connectivity index (χ2v) is 42.8. The fourth-order valence-electron chi connectivity index (χ4n) is 18.7. The molecule has 16 rings (SSSR count). The number of nitrogens with one attached hydrogen (secondary N) is 4. The van der Waals surface area contributed by atoms with Gasteiger partial charge in [0, 0.05) is 280 Å². The van der Waals surface area contributed by atoms with E-state index in [1.807, 2.05) is 84.9 Å². The Kier molecular flexibility index (Phi) is 39.7. The Labute approximate surface area is 821 Å². The molecule has 4 N–H and O–H groups in total. The maximum Gasteiger partial charge on any atom is 0.409 e. The molecule has 0 unspecified atom stereocenters. The highest BCUT2D eigenvalue weighted by Crippen LogP contribution is 2.38. The van der Waals surface area contributed by atoms with Crippen molar-refractivity contribution in [2.75, 3.05) is 172 Å². The van der Waals surface area contributed by atoms with Crippen molar-refractivity contribution in [1.29, 1.82) is 0 Å². The smallest absolute Gasteiger partial charge is 0.409 e. The minimum atomic E-state index is -3.29. The SMILES string of the molecule is CC(=O)N1CCC[C@H](C(=O)Cc2cc(-c3cccc(NCC4CCOCC4)c3)c(Cl)cn2)C1.CCS(=O)(=O)N1CCC[C@H](C(=O)Cc2cc(-c3cccc(NCC4CCOCC4)c3)c(Cl)cn2)C1.COC(=O)N1CCC[C@H](C(=O)Cc2cc(-c3cccc(NCC4CCOCC4)c3)c(Cl)cn2)C1.CS(=O)(=O)N1CCC[C@H](C(=O)Cc2cc(-c3cccc(NCC4CCOCC4)c3)c(Cl)cn2)C1. The number of nitrogens with zero attached hydrogens (tertiary/aromatic N) is 8. The van der Waals surface area contributed by atoms with Crippen molar-refractivity contribution >= 4 is 124 Å². The molecule has 4 atom stereocenters. The number of ether oxygens (including phenoxy) is 5. The van der Waals surface area contributed by atoms with Gasteiger partial charge in [0.15, 0.2) is 0 Å². The lowest BCUT2D eigenvalue weighted by Crippen LogP contribution is -2.43. The summed E-state index contributed by atoms with van der Waals surface area (Å²) in [7, 11) is -5.22. The fraction of sp³-hybridized carbons (Fsp3) is 0.515. The maximum atomic E-state index is 13.0. The van der Waals surface area contributed by atoms with Gasteiger partial charge in [0.05, 0.1) is 39.2 Å². The van der Waals surface area contributed by atoms with Crippen LogP contribution in [-0.4, -0.2) is 241 Å². The summed E-state index contributed by atoms with van der Waals surface area (Å²) in [4.78, 5) is 96.4. The van der Waals surface area contributed by atoms with Crippen LogP contribution in [0.1, 0.15) is 139 Å². The minimum absolute atomic E-state index is 0.0148. The quantitative estimate of drug-likeness (QED) is 0.0314. The first kappa shape index (κ1) is 104. The molecular formula is C103H130Cl4N12O15S2. The Balaban J connectivity index is 0.000000153. The van der Waals surface area contributed by atoms with Crippen LogP contribution >= 0.6 is 46.4 Å². The van der Waals surface area contributed by atoms with E-state index in [0.717, 1.165) is 230 Å². The molecule has 0 radical (unpaired) electrons. The summed E-state index contributed by atoms with van der Waals surface area (Å²) in [5.74, 6) is 1.87. The number of carbonyl (C=O) groups is 6. The molecule has 0 bridgehead atoms. The average molecular weight is 1980 g/mol. The molecular weight excluding hydrogens is 1850 g/mol. The monoisotopic (exact) mass is 1980 g/mol. The molecule has 8 fully saturated rings. The van der Waals surface area contributed by atoms with Crippen molar-refractivity contribution < 1.29 is 69.3 Å². The van der Waals surface area contributed by atoms with Crippen molar-refractivity contribution in [3.05, 3.63) is 189 Å². The van der Waals surface area contributed by atoms with Gasteiger partial charge in [0.25, 0.3) is 0 Å². The number of methoxy groups -OCH3 is 1. The number of pyridine rings is 4. The molecule has 12 heterocycles. The zero-order valence-corrected chi connectivity index (χ0v) is 83.2. The zero-order chi connectivity index (χ0) is 96.1. The number of likely N-dealkylation sites (tertiary alicyclic amines) is 2. The molecule has 0 saturated carbocycles. The Bertz CT molecular complexity index is 5610. The van der Waals surface area contributed by atoms with Crippen LogP contribution < -0.4 is 21.3 Å². The molecule has 136 heavy (non-hydrogen) atoms. The molecule has 0 aliphatic carbocycles. The molecule has 8 aliphatic rings. The van der Waals surface area contributed by atoms with Crippen LogP contribution in [0.15, 0.2) is 146 Å². The third kappa shape index (κ3) is 31.2. The van der Waals surface area contributed by atoms with E-state index in [9.17, 15) is 45.6 Å². The van der Waals surface area contributed by atoms with Gasteiger partial charge in [0.2, 0.25) is 26.0 Å². The van der Waals surface area contributed by atoms with Gasteiger partial charge in [-0.1, -0.05) is 94.9 Å². The second kappa shape index (κ2) is 51.7. The van der Waals surface area contributed by atoms with Gasteiger partial charge in [-0.3, -0.25) is 43.9 Å². The third-order valence-corrected chi connectivity index (χ3v) is 31.4. The summed E-state index contributed by atoms with van der Waals surface area (Å²) in [6.45, 7) is 17.3. The van der Waals surface area contributed by atoms with Crippen molar-refractivity contribution in [3.8, 4) is 44.5 Å². The number of carbonyl (C=O) groups excluding carboxylic acids is 6. The summed E-state index contributed by atoms with van der Waals surface area (Å²) in [5.41, 5.74) is 14.1. The van der Waals surface area contributed by atoms with Crippen LogP contribution in [0, 0.1) is 47.3 Å². The molecule has 33 heteroatoms. The van der Waals surface area contributed by atoms with E-state index in [1.54, 1.807) is 48.4 Å². The van der Waals surface area contributed by atoms with E-state index in [2.05, 4.69) is 77.6 Å². The lowest BCUT2D eigenvalue weighted by Gasteiger charge is -2.31. The predicted molar refractivity (Wildman–Crippen MR) is 536 cm³/mol. The number of hydrogen-bond donors (Lipinski definition) is 4. The van der Waals surface area contributed by atoms with Crippen LogP contribution in [0.5, 0.6) is 0 Å². The Morgan fingerprint density at radius 3 is 0.941 bits per heavy atom. The molecule has 4 aromatic carbocycles. The number of ketones is 4. The number of rotatable bonds is 31. The molecule has 0 spiro atoms. The number of piperidine rings is 4. The Morgan fingerprint density at radius 1 is 0.382 bits per heavy atom. The Morgan fingerprint density at radius 2 is 0.654 bits per heavy atom. The molecule has 4 aromatic heterocycles. The van der Waals surface area contributed by atoms with Crippen molar-refractivity contribution in [1.82, 2.24) is 38.3 Å². The van der Waals surface area contributed by atoms with Crippen LogP contribution in [-0.2, 0) is 93.4 Å². The standard InChI is InChI=1S/C26H34ClN3O4S.C26H32ClN3O4.C26H32ClN3O3.C25H32ClN3O4S/c1-2-35(32,33)30-10-4-6-21(18-30)26(31)15-23-14-24(25(27)17-29-23)20-5-3-7-22(13-20)28-16-19-8-11-34-12-9-19;1-33-26(32)30-9-3-5-20(17-30)25(31)14-22-13-23(24(27)16-29-22)19-4-2-6-21(12-19)28-15-18-7-10-34-11-8-18;1-18(31)30-9-3-5-21(17-30)26(32)14-23-13-24(25(27)16-29-23)20-4-2-6-22(12-20)28-15-19-7-10-33-11-8-19;1-34(31,32)29-9-3-5-20(17-29)25(30)14-22-13-23(24(26)16-28-22)19-4-2-6-21(12-19)27-15-18-7-10-33-11-8-18/h3,5,7,13-14,17,19,21,28H,2,4,6,8-12,15-16,18H2,1H3;2,4,6,12-13,16,18,20,28H,3,5,7-11,14-15,17H2,1H3;2,4,6,12-13,16,19,21,28H,3,5,7-11,14-15,17H2,1H3;2,4,6,12-13,16,18,20,27H,3,5,7-11,14-15,17H2,1H3/t21-;20-;21-;20-/m0000/s1. The molecule has 8 saturated heterocycles. The van der Waals surface area contributed by atoms with E-state index < -0.39 is 20.0 Å². The third-order valence-electron chi connectivity index (χ3n) is 27.0. The van der Waals surface area contributed by atoms with Gasteiger partial charge in [-0.2, -0.15) is 0 Å². The first-order valence-corrected chi connectivity index (χ1v) is 53.0. The zero-order valence-electron chi connectivity index (χ0n) is 78.5. The van der Waals surface area contributed by atoms with E-state index in [1.165, 1.54) is 22.0 Å². The molecule has 2 amide bonds. The minimum Gasteiger partial charge on any atom is -0.453 e. The van der Waals surface area contributed by atoms with Gasteiger partial charge >= 0.3 is 6.09 Å². The Hall–Kier alpha value is -9.08. The van der Waals surface area contributed by atoms with Crippen LogP contribution in [0.2, 0.25) is 20.1 Å². The molecule has 27 nitrogen and oxygen atoms in total. The van der Waals surface area contributed by atoms with Crippen LogP contribution in [0.3, 0.4) is 0 Å². The summed E-state index contributed by atoms with van der Waals surface area (Å²) >= 11 is 26.0. The number of hydrogen-bond acceptors (Lipinski definition) is 23. The van der Waals surface area contributed by atoms with Gasteiger partial charge in [0.1, 0.15) is 23.1 Å². The highest BCUT2D eigenvalue weighted by Gasteiger charge is 2.35.